The maximum atomic E-state index is 13.2. The van der Waals surface area contributed by atoms with Crippen molar-refractivity contribution in [3.05, 3.63) is 33.8 Å². The minimum Gasteiger partial charge on any atom is -0.310 e. The number of alkyl halides is 3. The average molecular weight is 400 g/mol. The van der Waals surface area contributed by atoms with E-state index in [9.17, 15) is 13.2 Å². The molecule has 1 aromatic carbocycles. The number of halogens is 5. The minimum atomic E-state index is -4.30. The van der Waals surface area contributed by atoms with E-state index in [1.165, 1.54) is 12.5 Å². The molecule has 2 aliphatic rings. The third-order valence-electron chi connectivity index (χ3n) is 4.38. The number of nitrogens with zero attached hydrogens (tertiary/aromatic N) is 1. The van der Waals surface area contributed by atoms with Crippen molar-refractivity contribution in [3.63, 3.8) is 0 Å². The van der Waals surface area contributed by atoms with Gasteiger partial charge in [-0.15, -0.1) is 12.4 Å². The van der Waals surface area contributed by atoms with E-state index in [0.717, 1.165) is 25.9 Å². The fourth-order valence-electron chi connectivity index (χ4n) is 3.35. The molecule has 0 saturated carbocycles. The van der Waals surface area contributed by atoms with Crippen LogP contribution in [-0.2, 0) is 12.7 Å². The quantitative estimate of drug-likeness (QED) is 0.801. The van der Waals surface area contributed by atoms with E-state index in [4.69, 9.17) is 0 Å². The first-order valence-electron chi connectivity index (χ1n) is 7.26. The summed E-state index contributed by atoms with van der Waals surface area (Å²) in [5.74, 6) is 0. The molecule has 0 aromatic heterocycles. The number of hydrogen-bond donors (Lipinski definition) is 1. The average Bonchev–Trinajstić information content (AvgIpc) is 2.73. The smallest absolute Gasteiger partial charge is 0.310 e. The molecule has 2 saturated heterocycles. The minimum absolute atomic E-state index is 0. The van der Waals surface area contributed by atoms with Crippen LogP contribution in [0.1, 0.15) is 30.4 Å². The predicted molar refractivity (Wildman–Crippen MR) is 86.2 cm³/mol. The summed E-state index contributed by atoms with van der Waals surface area (Å²) in [6, 6.07) is 5.43. The third kappa shape index (κ3) is 4.16. The lowest BCUT2D eigenvalue weighted by atomic mass is 10.0. The molecule has 7 heteroatoms. The van der Waals surface area contributed by atoms with Crippen LogP contribution >= 0.6 is 28.3 Å². The fraction of sp³-hybridized carbons (Fsp3) is 0.600. The molecular formula is C15H19BrClF3N2. The van der Waals surface area contributed by atoms with E-state index < -0.39 is 11.7 Å². The Balaban J connectivity index is 0.00000176. The topological polar surface area (TPSA) is 15.3 Å². The van der Waals surface area contributed by atoms with Gasteiger partial charge in [0.25, 0.3) is 0 Å². The molecule has 1 N–H and O–H groups in total. The normalized spacial score (nSPS) is 25.6. The Kier molecular flexibility index (Phi) is 5.80. The van der Waals surface area contributed by atoms with Crippen LogP contribution in [0.15, 0.2) is 22.7 Å². The van der Waals surface area contributed by atoms with E-state index in [2.05, 4.69) is 26.1 Å². The van der Waals surface area contributed by atoms with Crippen LogP contribution in [0.4, 0.5) is 13.2 Å². The second-order valence-corrected chi connectivity index (χ2v) is 6.88. The van der Waals surface area contributed by atoms with Crippen molar-refractivity contribution in [2.75, 3.05) is 13.1 Å². The molecule has 124 valence electrons. The van der Waals surface area contributed by atoms with E-state index in [1.54, 1.807) is 12.1 Å². The van der Waals surface area contributed by atoms with Crippen molar-refractivity contribution < 1.29 is 13.2 Å². The fourth-order valence-corrected chi connectivity index (χ4v) is 3.71. The zero-order valence-electron chi connectivity index (χ0n) is 12.0. The molecule has 2 aliphatic heterocycles. The van der Waals surface area contributed by atoms with Gasteiger partial charge in [-0.1, -0.05) is 22.0 Å². The van der Waals surface area contributed by atoms with Gasteiger partial charge < -0.3 is 5.32 Å². The number of nitrogens with one attached hydrogen (secondary N) is 1. The monoisotopic (exact) mass is 398 g/mol. The summed E-state index contributed by atoms with van der Waals surface area (Å²) in [7, 11) is 0. The molecule has 2 bridgehead atoms. The van der Waals surface area contributed by atoms with Gasteiger partial charge in [-0.25, -0.2) is 0 Å². The van der Waals surface area contributed by atoms with Crippen molar-refractivity contribution in [1.82, 2.24) is 10.2 Å². The second-order valence-electron chi connectivity index (χ2n) is 5.96. The summed E-state index contributed by atoms with van der Waals surface area (Å²) in [6.07, 6.45) is -0.950. The molecule has 2 fully saturated rings. The summed E-state index contributed by atoms with van der Waals surface area (Å²) in [4.78, 5) is 2.15. The number of fused-ring (bicyclic) bond motifs is 2. The summed E-state index contributed by atoms with van der Waals surface area (Å²) < 4.78 is 40.0. The zero-order valence-corrected chi connectivity index (χ0v) is 14.4. The highest BCUT2D eigenvalue weighted by Gasteiger charge is 2.35. The Morgan fingerprint density at radius 2 is 1.91 bits per heavy atom. The Morgan fingerprint density at radius 1 is 1.18 bits per heavy atom. The van der Waals surface area contributed by atoms with E-state index >= 15 is 0 Å². The van der Waals surface area contributed by atoms with Gasteiger partial charge in [-0.2, -0.15) is 13.2 Å². The van der Waals surface area contributed by atoms with Gasteiger partial charge in [0.1, 0.15) is 0 Å². The molecule has 0 radical (unpaired) electrons. The maximum Gasteiger partial charge on any atom is 0.416 e. The van der Waals surface area contributed by atoms with Crippen LogP contribution in [0.5, 0.6) is 0 Å². The van der Waals surface area contributed by atoms with Gasteiger partial charge in [0.05, 0.1) is 5.56 Å². The third-order valence-corrected chi connectivity index (χ3v) is 4.87. The SMILES string of the molecule is Cl.FC(F)(F)c1cc(Br)ccc1CN1CCC2CCC(C1)N2. The lowest BCUT2D eigenvalue weighted by molar-refractivity contribution is -0.138. The first-order chi connectivity index (χ1) is 9.91. The highest BCUT2D eigenvalue weighted by atomic mass is 79.9. The van der Waals surface area contributed by atoms with Gasteiger partial charge in [0.15, 0.2) is 0 Å². The Bertz CT molecular complexity index is 524. The molecule has 0 amide bonds. The lowest BCUT2D eigenvalue weighted by Crippen LogP contribution is -2.35. The molecule has 2 heterocycles. The van der Waals surface area contributed by atoms with Crippen molar-refractivity contribution in [3.8, 4) is 0 Å². The Morgan fingerprint density at radius 3 is 2.64 bits per heavy atom. The van der Waals surface area contributed by atoms with Crippen molar-refractivity contribution >= 4 is 28.3 Å². The molecule has 22 heavy (non-hydrogen) atoms. The summed E-state index contributed by atoms with van der Waals surface area (Å²) in [6.45, 7) is 2.07. The van der Waals surface area contributed by atoms with Crippen LogP contribution in [0.2, 0.25) is 0 Å². The van der Waals surface area contributed by atoms with Crippen LogP contribution in [0.3, 0.4) is 0 Å². The Labute approximate surface area is 143 Å². The maximum absolute atomic E-state index is 13.2. The van der Waals surface area contributed by atoms with Crippen LogP contribution < -0.4 is 5.32 Å². The number of hydrogen-bond acceptors (Lipinski definition) is 2. The summed E-state index contributed by atoms with van der Waals surface area (Å²) >= 11 is 3.13. The van der Waals surface area contributed by atoms with Crippen molar-refractivity contribution in [2.24, 2.45) is 0 Å². The molecule has 0 spiro atoms. The Hall–Kier alpha value is -0.300. The molecule has 2 unspecified atom stereocenters. The van der Waals surface area contributed by atoms with E-state index in [-0.39, 0.29) is 12.4 Å². The summed E-state index contributed by atoms with van der Waals surface area (Å²) in [5, 5.41) is 3.55. The predicted octanol–water partition coefficient (Wildman–Crippen LogP) is 4.22. The van der Waals surface area contributed by atoms with Crippen molar-refractivity contribution in [2.45, 2.75) is 44.1 Å². The standard InChI is InChI=1S/C15H18BrF3N2.ClH/c16-11-2-1-10(14(7-11)15(17,18)19)8-21-6-5-12-3-4-13(9-21)20-12;/h1-2,7,12-13,20H,3-6,8-9H2;1H. The molecular weight excluding hydrogens is 381 g/mol. The molecule has 2 atom stereocenters. The lowest BCUT2D eigenvalue weighted by Gasteiger charge is -2.25. The second kappa shape index (κ2) is 7.07. The van der Waals surface area contributed by atoms with Gasteiger partial charge in [-0.3, -0.25) is 4.90 Å². The first-order valence-corrected chi connectivity index (χ1v) is 8.05. The largest absolute Gasteiger partial charge is 0.416 e. The molecule has 1 aromatic rings. The van der Waals surface area contributed by atoms with Gasteiger partial charge in [0, 0.05) is 36.2 Å². The molecule has 2 nitrogen and oxygen atoms in total. The van der Waals surface area contributed by atoms with Crippen LogP contribution in [0.25, 0.3) is 0 Å². The highest BCUT2D eigenvalue weighted by Crippen LogP contribution is 2.34. The van der Waals surface area contributed by atoms with Gasteiger partial charge >= 0.3 is 6.18 Å². The summed E-state index contributed by atoms with van der Waals surface area (Å²) in [5.41, 5.74) is -0.164. The number of likely N-dealkylation sites (tertiary alicyclic amines) is 1. The molecule has 0 aliphatic carbocycles. The van der Waals surface area contributed by atoms with E-state index in [0.29, 0.717) is 28.7 Å². The van der Waals surface area contributed by atoms with Crippen LogP contribution in [-0.4, -0.2) is 30.1 Å². The van der Waals surface area contributed by atoms with Gasteiger partial charge in [-0.05, 0) is 37.0 Å². The van der Waals surface area contributed by atoms with Crippen molar-refractivity contribution in [1.29, 1.82) is 0 Å². The highest BCUT2D eigenvalue weighted by molar-refractivity contribution is 9.10. The zero-order chi connectivity index (χ0) is 15.0. The van der Waals surface area contributed by atoms with Crippen LogP contribution in [0, 0.1) is 0 Å². The van der Waals surface area contributed by atoms with Gasteiger partial charge in [0.2, 0.25) is 0 Å². The number of benzene rings is 1. The van der Waals surface area contributed by atoms with E-state index in [1.807, 2.05) is 0 Å². The molecule has 3 rings (SSSR count). The first kappa shape index (κ1) is 18.0. The number of rotatable bonds is 2.